The van der Waals surface area contributed by atoms with E-state index in [2.05, 4.69) is 15.5 Å². The van der Waals surface area contributed by atoms with Gasteiger partial charge in [-0.1, -0.05) is 13.8 Å². The summed E-state index contributed by atoms with van der Waals surface area (Å²) in [5.74, 6) is -0.436. The molecule has 1 atom stereocenters. The summed E-state index contributed by atoms with van der Waals surface area (Å²) >= 11 is 0. The Labute approximate surface area is 95.3 Å². The summed E-state index contributed by atoms with van der Waals surface area (Å²) in [4.78, 5) is 11.0. The summed E-state index contributed by atoms with van der Waals surface area (Å²) in [6, 6.07) is -0.491. The molecule has 1 rings (SSSR count). The van der Waals surface area contributed by atoms with Crippen molar-refractivity contribution in [3.8, 4) is 0 Å². The predicted molar refractivity (Wildman–Crippen MR) is 61.0 cm³/mol. The number of hydrogen-bond donors (Lipinski definition) is 3. The van der Waals surface area contributed by atoms with Gasteiger partial charge in [0.05, 0.1) is 6.20 Å². The smallest absolute Gasteiger partial charge is 0.320 e. The molecule has 5 heteroatoms. The number of nitrogens with zero attached hydrogens (tertiary/aromatic N) is 1. The molecule has 0 fully saturated rings. The van der Waals surface area contributed by atoms with Gasteiger partial charge in [0.1, 0.15) is 6.04 Å². The summed E-state index contributed by atoms with van der Waals surface area (Å²) in [5, 5.41) is 18.8. The zero-order chi connectivity index (χ0) is 12.1. The third-order valence-electron chi connectivity index (χ3n) is 2.48. The van der Waals surface area contributed by atoms with Crippen molar-refractivity contribution in [3.63, 3.8) is 0 Å². The van der Waals surface area contributed by atoms with Gasteiger partial charge in [-0.2, -0.15) is 5.10 Å². The van der Waals surface area contributed by atoms with Crippen LogP contribution in [-0.2, 0) is 11.3 Å². The van der Waals surface area contributed by atoms with E-state index in [1.165, 1.54) is 0 Å². The van der Waals surface area contributed by atoms with E-state index in [4.69, 9.17) is 5.11 Å². The summed E-state index contributed by atoms with van der Waals surface area (Å²) in [5.41, 5.74) is 1.98. The van der Waals surface area contributed by atoms with E-state index >= 15 is 0 Å². The first kappa shape index (κ1) is 12.7. The standard InChI is InChI=1S/C11H19N3O2/c1-7(2)4-10(11(15)16)12-5-9-6-13-14-8(9)3/h6-7,10,12H,4-5H2,1-3H3,(H,13,14)(H,15,16). The van der Waals surface area contributed by atoms with Gasteiger partial charge in [0.25, 0.3) is 0 Å². The minimum atomic E-state index is -0.796. The van der Waals surface area contributed by atoms with Crippen molar-refractivity contribution >= 4 is 5.97 Å². The average Bonchev–Trinajstić information content (AvgIpc) is 2.57. The van der Waals surface area contributed by atoms with Crippen LogP contribution >= 0.6 is 0 Å². The Balaban J connectivity index is 2.50. The largest absolute Gasteiger partial charge is 0.480 e. The molecule has 0 radical (unpaired) electrons. The molecule has 90 valence electrons. The predicted octanol–water partition coefficient (Wildman–Crippen LogP) is 1.31. The Bertz CT molecular complexity index is 347. The maximum absolute atomic E-state index is 11.0. The molecule has 0 aliphatic heterocycles. The van der Waals surface area contributed by atoms with E-state index in [0.717, 1.165) is 11.3 Å². The summed E-state index contributed by atoms with van der Waals surface area (Å²) in [7, 11) is 0. The van der Waals surface area contributed by atoms with Crippen molar-refractivity contribution in [2.75, 3.05) is 0 Å². The molecule has 0 aliphatic rings. The second kappa shape index (κ2) is 5.65. The number of nitrogens with one attached hydrogen (secondary N) is 2. The normalized spacial score (nSPS) is 13.0. The van der Waals surface area contributed by atoms with Gasteiger partial charge in [-0.15, -0.1) is 0 Å². The lowest BCUT2D eigenvalue weighted by molar-refractivity contribution is -0.140. The maximum atomic E-state index is 11.0. The van der Waals surface area contributed by atoms with Crippen molar-refractivity contribution < 1.29 is 9.90 Å². The second-order valence-corrected chi connectivity index (χ2v) is 4.42. The highest BCUT2D eigenvalue weighted by molar-refractivity contribution is 5.73. The Morgan fingerprint density at radius 1 is 1.62 bits per heavy atom. The fourth-order valence-electron chi connectivity index (χ4n) is 1.53. The molecular formula is C11H19N3O2. The van der Waals surface area contributed by atoms with Crippen molar-refractivity contribution in [2.45, 2.75) is 39.8 Å². The lowest BCUT2D eigenvalue weighted by Gasteiger charge is -2.16. The molecule has 0 aromatic carbocycles. The topological polar surface area (TPSA) is 78.0 Å². The van der Waals surface area contributed by atoms with E-state index in [0.29, 0.717) is 18.9 Å². The lowest BCUT2D eigenvalue weighted by Crippen LogP contribution is -2.37. The number of aliphatic carboxylic acids is 1. The van der Waals surface area contributed by atoms with Gasteiger partial charge < -0.3 is 10.4 Å². The quantitative estimate of drug-likeness (QED) is 0.682. The van der Waals surface area contributed by atoms with Crippen LogP contribution in [0.15, 0.2) is 6.20 Å². The number of hydrogen-bond acceptors (Lipinski definition) is 3. The van der Waals surface area contributed by atoms with E-state index < -0.39 is 12.0 Å². The average molecular weight is 225 g/mol. The molecule has 0 bridgehead atoms. The van der Waals surface area contributed by atoms with Gasteiger partial charge in [0.15, 0.2) is 0 Å². The van der Waals surface area contributed by atoms with Crippen LogP contribution in [0, 0.1) is 12.8 Å². The Kier molecular flexibility index (Phi) is 4.49. The first-order chi connectivity index (χ1) is 7.50. The SMILES string of the molecule is Cc1[nH]ncc1CNC(CC(C)C)C(=O)O. The van der Waals surface area contributed by atoms with Crippen LogP contribution in [0.3, 0.4) is 0 Å². The first-order valence-corrected chi connectivity index (χ1v) is 5.45. The van der Waals surface area contributed by atoms with Crippen molar-refractivity contribution in [1.29, 1.82) is 0 Å². The van der Waals surface area contributed by atoms with Crippen LogP contribution in [0.1, 0.15) is 31.5 Å². The van der Waals surface area contributed by atoms with Crippen LogP contribution in [0.5, 0.6) is 0 Å². The number of aryl methyl sites for hydroxylation is 1. The van der Waals surface area contributed by atoms with Crippen LogP contribution in [0.2, 0.25) is 0 Å². The van der Waals surface area contributed by atoms with E-state index in [9.17, 15) is 4.79 Å². The van der Waals surface area contributed by atoms with Crippen molar-refractivity contribution in [2.24, 2.45) is 5.92 Å². The highest BCUT2D eigenvalue weighted by atomic mass is 16.4. The molecule has 16 heavy (non-hydrogen) atoms. The number of carbonyl (C=O) groups is 1. The van der Waals surface area contributed by atoms with Gasteiger partial charge in [-0.3, -0.25) is 9.89 Å². The van der Waals surface area contributed by atoms with Gasteiger partial charge in [0.2, 0.25) is 0 Å². The number of carboxylic acid groups (broad SMARTS) is 1. The highest BCUT2D eigenvalue weighted by Gasteiger charge is 2.18. The molecule has 0 saturated carbocycles. The van der Waals surface area contributed by atoms with Gasteiger partial charge in [0, 0.05) is 17.8 Å². The number of aromatic nitrogens is 2. The van der Waals surface area contributed by atoms with Gasteiger partial charge in [-0.25, -0.2) is 0 Å². The summed E-state index contributed by atoms with van der Waals surface area (Å²) in [6.45, 7) is 6.48. The Hall–Kier alpha value is -1.36. The number of H-pyrrole nitrogens is 1. The molecule has 3 N–H and O–H groups in total. The molecule has 0 amide bonds. The second-order valence-electron chi connectivity index (χ2n) is 4.42. The Morgan fingerprint density at radius 3 is 2.75 bits per heavy atom. The molecule has 0 aliphatic carbocycles. The molecule has 1 heterocycles. The third kappa shape index (κ3) is 3.66. The van der Waals surface area contributed by atoms with E-state index in [1.807, 2.05) is 20.8 Å². The van der Waals surface area contributed by atoms with Crippen LogP contribution in [-0.4, -0.2) is 27.3 Å². The van der Waals surface area contributed by atoms with Crippen LogP contribution in [0.25, 0.3) is 0 Å². The van der Waals surface area contributed by atoms with Crippen LogP contribution < -0.4 is 5.32 Å². The molecule has 0 saturated heterocycles. The maximum Gasteiger partial charge on any atom is 0.320 e. The minimum Gasteiger partial charge on any atom is -0.480 e. The number of carboxylic acids is 1. The molecule has 0 spiro atoms. The molecule has 1 unspecified atom stereocenters. The van der Waals surface area contributed by atoms with Gasteiger partial charge in [-0.05, 0) is 19.3 Å². The first-order valence-electron chi connectivity index (χ1n) is 5.45. The third-order valence-corrected chi connectivity index (χ3v) is 2.48. The minimum absolute atomic E-state index is 0.360. The summed E-state index contributed by atoms with van der Waals surface area (Å²) in [6.07, 6.45) is 2.35. The van der Waals surface area contributed by atoms with Gasteiger partial charge >= 0.3 is 5.97 Å². The monoisotopic (exact) mass is 225 g/mol. The Morgan fingerprint density at radius 2 is 2.31 bits per heavy atom. The number of aromatic amines is 1. The van der Waals surface area contributed by atoms with Crippen LogP contribution in [0.4, 0.5) is 0 Å². The molecular weight excluding hydrogens is 206 g/mol. The molecule has 1 aromatic heterocycles. The molecule has 5 nitrogen and oxygen atoms in total. The zero-order valence-corrected chi connectivity index (χ0v) is 9.95. The van der Waals surface area contributed by atoms with E-state index in [1.54, 1.807) is 6.20 Å². The van der Waals surface area contributed by atoms with Crippen molar-refractivity contribution in [1.82, 2.24) is 15.5 Å². The fraction of sp³-hybridized carbons (Fsp3) is 0.636. The van der Waals surface area contributed by atoms with E-state index in [-0.39, 0.29) is 0 Å². The fourth-order valence-corrected chi connectivity index (χ4v) is 1.53. The lowest BCUT2D eigenvalue weighted by atomic mass is 10.0. The highest BCUT2D eigenvalue weighted by Crippen LogP contribution is 2.07. The zero-order valence-electron chi connectivity index (χ0n) is 9.95. The molecule has 1 aromatic rings. The summed E-state index contributed by atoms with van der Waals surface area (Å²) < 4.78 is 0. The number of rotatable bonds is 6. The van der Waals surface area contributed by atoms with Crippen molar-refractivity contribution in [3.05, 3.63) is 17.5 Å².